The summed E-state index contributed by atoms with van der Waals surface area (Å²) < 4.78 is 16.7. The summed E-state index contributed by atoms with van der Waals surface area (Å²) in [4.78, 5) is 45.2. The van der Waals surface area contributed by atoms with E-state index >= 15 is 0 Å². The van der Waals surface area contributed by atoms with Gasteiger partial charge in [0.1, 0.15) is 17.4 Å². The van der Waals surface area contributed by atoms with Crippen LogP contribution in [0.2, 0.25) is 0 Å². The molecule has 2 heterocycles. The molecule has 39 heavy (non-hydrogen) atoms. The molecule has 1 atom stereocenters. The summed E-state index contributed by atoms with van der Waals surface area (Å²) in [6, 6.07) is 4.84. The third kappa shape index (κ3) is 6.82. The fraction of sp³-hybridized carbons (Fsp3) is 0.655. The molecule has 2 aliphatic rings. The topological polar surface area (TPSA) is 112 Å². The largest absolute Gasteiger partial charge is 0.476 e. The molecule has 0 spiro atoms. The second-order valence-corrected chi connectivity index (χ2v) is 11.9. The first-order valence-electron chi connectivity index (χ1n) is 13.6. The zero-order valence-corrected chi connectivity index (χ0v) is 24.5. The molecule has 1 saturated heterocycles. The Morgan fingerprint density at radius 1 is 1.28 bits per heavy atom. The Bertz CT molecular complexity index is 1130. The molecule has 10 heteroatoms. The van der Waals surface area contributed by atoms with Crippen molar-refractivity contribution in [1.82, 2.24) is 9.80 Å². The van der Waals surface area contributed by atoms with Crippen molar-refractivity contribution >= 4 is 23.6 Å². The van der Waals surface area contributed by atoms with Crippen LogP contribution in [0, 0.1) is 11.3 Å². The molecule has 3 amide bonds. The Hall–Kier alpha value is -3.32. The van der Waals surface area contributed by atoms with Crippen LogP contribution >= 0.6 is 0 Å². The number of piperidine rings is 1. The average molecular weight is 543 g/mol. The number of hydrogen-bond acceptors (Lipinski definition) is 7. The Morgan fingerprint density at radius 2 is 1.97 bits per heavy atom. The van der Waals surface area contributed by atoms with E-state index in [4.69, 9.17) is 14.2 Å². The number of amides is 3. The van der Waals surface area contributed by atoms with Crippen LogP contribution in [0.4, 0.5) is 10.5 Å². The second-order valence-electron chi connectivity index (χ2n) is 11.9. The maximum Gasteiger partial charge on any atom is 0.410 e. The number of nitriles is 1. The van der Waals surface area contributed by atoms with E-state index in [1.165, 1.54) is 0 Å². The van der Waals surface area contributed by atoms with Crippen molar-refractivity contribution in [3.63, 3.8) is 0 Å². The normalized spacial score (nSPS) is 18.8. The van der Waals surface area contributed by atoms with Crippen molar-refractivity contribution in [2.45, 2.75) is 91.0 Å². The lowest BCUT2D eigenvalue weighted by Crippen LogP contribution is -2.55. The Balaban J connectivity index is 1.98. The van der Waals surface area contributed by atoms with E-state index < -0.39 is 17.3 Å². The van der Waals surface area contributed by atoms with E-state index in [1.54, 1.807) is 47.8 Å². The molecule has 0 radical (unpaired) electrons. The van der Waals surface area contributed by atoms with E-state index in [2.05, 4.69) is 6.07 Å². The number of rotatable bonds is 7. The summed E-state index contributed by atoms with van der Waals surface area (Å²) in [5.74, 6) is -0.167. The van der Waals surface area contributed by atoms with Crippen LogP contribution in [0.15, 0.2) is 12.1 Å². The summed E-state index contributed by atoms with van der Waals surface area (Å²) in [6.07, 6.45) is 1.64. The molecular formula is C29H42N4O6. The number of anilines is 1. The van der Waals surface area contributed by atoms with Gasteiger partial charge in [0, 0.05) is 45.5 Å². The zero-order valence-electron chi connectivity index (χ0n) is 24.5. The van der Waals surface area contributed by atoms with Crippen LogP contribution in [-0.4, -0.2) is 84.3 Å². The first-order valence-corrected chi connectivity index (χ1v) is 13.6. The Labute approximate surface area is 231 Å². The molecule has 10 nitrogen and oxygen atoms in total. The number of carbonyl (C=O) groups excluding carboxylic acids is 3. The smallest absolute Gasteiger partial charge is 0.410 e. The molecular weight excluding hydrogens is 500 g/mol. The van der Waals surface area contributed by atoms with Gasteiger partial charge in [0.25, 0.3) is 11.8 Å². The minimum Gasteiger partial charge on any atom is -0.476 e. The van der Waals surface area contributed by atoms with Gasteiger partial charge >= 0.3 is 6.09 Å². The number of benzene rings is 1. The third-order valence-electron chi connectivity index (χ3n) is 6.83. The van der Waals surface area contributed by atoms with Gasteiger partial charge in [-0.1, -0.05) is 0 Å². The standard InChI is InChI=1S/C29H42N4O6/c1-19(2)33(21-11-9-12-31(18-21)27(36)39-28(3,4)5)25(34)22-16-23-24(15-20(22)17-30)38-29(6,7)26(35)32(23)13-10-14-37-8/h15-16,19,21H,9-14,18H2,1-8H3/t21-/m1/s1. The molecule has 0 N–H and O–H groups in total. The number of likely N-dealkylation sites (tertiary alicyclic amines) is 1. The van der Waals surface area contributed by atoms with Crippen LogP contribution in [-0.2, 0) is 14.3 Å². The molecule has 1 aromatic rings. The fourth-order valence-electron chi connectivity index (χ4n) is 5.11. The van der Waals surface area contributed by atoms with Gasteiger partial charge in [0.15, 0.2) is 5.60 Å². The monoisotopic (exact) mass is 542 g/mol. The number of methoxy groups -OCH3 is 1. The van der Waals surface area contributed by atoms with Crippen molar-refractivity contribution in [2.75, 3.05) is 38.3 Å². The number of nitrogens with zero attached hydrogens (tertiary/aromatic N) is 4. The SMILES string of the molecule is COCCCN1C(=O)C(C)(C)Oc2cc(C#N)c(C(=O)N(C(C)C)[C@@H]3CCCN(C(=O)OC(C)(C)C)C3)cc21. The molecule has 0 bridgehead atoms. The number of fused-ring (bicyclic) bond motifs is 1. The van der Waals surface area contributed by atoms with E-state index in [-0.39, 0.29) is 35.0 Å². The van der Waals surface area contributed by atoms with Crippen LogP contribution in [0.1, 0.15) is 83.7 Å². The minimum absolute atomic E-state index is 0.172. The van der Waals surface area contributed by atoms with Gasteiger partial charge in [0.2, 0.25) is 0 Å². The molecule has 0 unspecified atom stereocenters. The maximum absolute atomic E-state index is 14.1. The summed E-state index contributed by atoms with van der Waals surface area (Å²) in [5.41, 5.74) is -0.903. The first-order chi connectivity index (χ1) is 18.2. The molecule has 1 aromatic carbocycles. The Morgan fingerprint density at radius 3 is 2.56 bits per heavy atom. The van der Waals surface area contributed by atoms with Gasteiger partial charge in [-0.15, -0.1) is 0 Å². The van der Waals surface area contributed by atoms with E-state index in [1.807, 2.05) is 34.6 Å². The minimum atomic E-state index is -1.12. The number of ether oxygens (including phenoxy) is 3. The molecule has 2 aliphatic heterocycles. The van der Waals surface area contributed by atoms with Crippen molar-refractivity contribution in [3.8, 4) is 11.8 Å². The lowest BCUT2D eigenvalue weighted by molar-refractivity contribution is -0.132. The summed E-state index contributed by atoms with van der Waals surface area (Å²) >= 11 is 0. The van der Waals surface area contributed by atoms with Crippen molar-refractivity contribution in [2.24, 2.45) is 0 Å². The average Bonchev–Trinajstić information content (AvgIpc) is 2.84. The molecule has 0 aromatic heterocycles. The predicted octanol–water partition coefficient (Wildman–Crippen LogP) is 4.35. The van der Waals surface area contributed by atoms with Gasteiger partial charge in [-0.2, -0.15) is 5.26 Å². The van der Waals surface area contributed by atoms with Crippen molar-refractivity contribution in [3.05, 3.63) is 23.3 Å². The Kier molecular flexibility index (Phi) is 9.16. The van der Waals surface area contributed by atoms with E-state index in [9.17, 15) is 19.6 Å². The highest BCUT2D eigenvalue weighted by molar-refractivity contribution is 6.05. The third-order valence-corrected chi connectivity index (χ3v) is 6.83. The number of carbonyl (C=O) groups is 3. The van der Waals surface area contributed by atoms with Gasteiger partial charge < -0.3 is 28.9 Å². The predicted molar refractivity (Wildman–Crippen MR) is 147 cm³/mol. The van der Waals surface area contributed by atoms with Crippen molar-refractivity contribution in [1.29, 1.82) is 5.26 Å². The van der Waals surface area contributed by atoms with Crippen molar-refractivity contribution < 1.29 is 28.6 Å². The van der Waals surface area contributed by atoms with Gasteiger partial charge in [0.05, 0.1) is 22.9 Å². The van der Waals surface area contributed by atoms with Crippen LogP contribution < -0.4 is 9.64 Å². The highest BCUT2D eigenvalue weighted by atomic mass is 16.6. The van der Waals surface area contributed by atoms with Gasteiger partial charge in [-0.05, 0) is 73.8 Å². The lowest BCUT2D eigenvalue weighted by atomic mass is 9.97. The summed E-state index contributed by atoms with van der Waals surface area (Å²) in [7, 11) is 1.60. The lowest BCUT2D eigenvalue weighted by Gasteiger charge is -2.42. The molecule has 0 saturated carbocycles. The van der Waals surface area contributed by atoms with E-state index in [0.29, 0.717) is 44.1 Å². The second kappa shape index (κ2) is 11.8. The molecule has 3 rings (SSSR count). The first kappa shape index (κ1) is 30.2. The van der Waals surface area contributed by atoms with E-state index in [0.717, 1.165) is 12.8 Å². The number of hydrogen-bond donors (Lipinski definition) is 0. The quantitative estimate of drug-likeness (QED) is 0.471. The molecule has 0 aliphatic carbocycles. The van der Waals surface area contributed by atoms with Crippen LogP contribution in [0.25, 0.3) is 0 Å². The highest BCUT2D eigenvalue weighted by Crippen LogP contribution is 2.40. The summed E-state index contributed by atoms with van der Waals surface area (Å²) in [6.45, 7) is 14.4. The van der Waals surface area contributed by atoms with Gasteiger partial charge in [-0.25, -0.2) is 4.79 Å². The van der Waals surface area contributed by atoms with Crippen LogP contribution in [0.5, 0.6) is 5.75 Å². The van der Waals surface area contributed by atoms with Gasteiger partial charge in [-0.3, -0.25) is 9.59 Å². The zero-order chi connectivity index (χ0) is 29.1. The van der Waals surface area contributed by atoms with Crippen LogP contribution in [0.3, 0.4) is 0 Å². The molecule has 214 valence electrons. The molecule has 1 fully saturated rings. The maximum atomic E-state index is 14.1. The fourth-order valence-corrected chi connectivity index (χ4v) is 5.11. The summed E-state index contributed by atoms with van der Waals surface area (Å²) in [5, 5.41) is 10.0. The highest BCUT2D eigenvalue weighted by Gasteiger charge is 2.42.